The molecule has 0 spiro atoms. The predicted molar refractivity (Wildman–Crippen MR) is 193 cm³/mol. The van der Waals surface area contributed by atoms with Crippen LogP contribution in [0, 0.1) is 5.92 Å². The fourth-order valence-electron chi connectivity index (χ4n) is 5.14. The molecule has 278 valence electrons. The van der Waals surface area contributed by atoms with E-state index in [4.69, 9.17) is 25.7 Å². The first kappa shape index (κ1) is 42.3. The molecule has 13 heteroatoms. The lowest BCUT2D eigenvalue weighted by atomic mass is 9.99. The van der Waals surface area contributed by atoms with Crippen LogP contribution < -0.4 is 32.7 Å². The zero-order valence-corrected chi connectivity index (χ0v) is 29.9. The normalized spacial score (nSPS) is 13.6. The van der Waals surface area contributed by atoms with Crippen LogP contribution in [0.3, 0.4) is 0 Å². The van der Waals surface area contributed by atoms with E-state index in [0.717, 1.165) is 11.1 Å². The number of nitrogens with two attached hydrogens (primary N) is 2. The maximum Gasteiger partial charge on any atom is 0.243 e. The molecule has 0 aliphatic rings. The Labute approximate surface area is 296 Å². The smallest absolute Gasteiger partial charge is 0.243 e. The molecule has 0 aliphatic carbocycles. The van der Waals surface area contributed by atoms with Crippen LogP contribution in [0.15, 0.2) is 60.7 Å². The highest BCUT2D eigenvalue weighted by atomic mass is 16.5. The fraction of sp³-hybridized carbons (Fsp3) is 0.568. The average Bonchev–Trinajstić information content (AvgIpc) is 3.10. The van der Waals surface area contributed by atoms with E-state index in [1.807, 2.05) is 74.5 Å². The minimum atomic E-state index is -0.997. The Bertz CT molecular complexity index is 1250. The van der Waals surface area contributed by atoms with E-state index in [-0.39, 0.29) is 31.4 Å². The van der Waals surface area contributed by atoms with Crippen molar-refractivity contribution in [1.82, 2.24) is 21.3 Å². The van der Waals surface area contributed by atoms with E-state index < -0.39 is 41.9 Å². The number of hydrogen-bond acceptors (Lipinski definition) is 9. The summed E-state index contributed by atoms with van der Waals surface area (Å²) in [5.74, 6) is -1.81. The first-order valence-corrected chi connectivity index (χ1v) is 17.5. The summed E-state index contributed by atoms with van der Waals surface area (Å²) in [5, 5.41) is 11.4. The van der Waals surface area contributed by atoms with Gasteiger partial charge in [0.1, 0.15) is 18.1 Å². The molecule has 2 aromatic carbocycles. The molecule has 4 atom stereocenters. The van der Waals surface area contributed by atoms with Crippen molar-refractivity contribution in [3.05, 3.63) is 71.8 Å². The number of carbonyl (C=O) groups excluding carboxylic acids is 4. The molecule has 0 saturated carbocycles. The van der Waals surface area contributed by atoms with Crippen molar-refractivity contribution in [2.24, 2.45) is 17.4 Å². The lowest BCUT2D eigenvalue weighted by Crippen LogP contribution is -2.58. The van der Waals surface area contributed by atoms with Gasteiger partial charge in [-0.1, -0.05) is 74.5 Å². The van der Waals surface area contributed by atoms with Crippen molar-refractivity contribution in [2.75, 3.05) is 53.2 Å². The summed E-state index contributed by atoms with van der Waals surface area (Å²) in [6, 6.07) is 15.0. The van der Waals surface area contributed by atoms with Crippen LogP contribution in [-0.4, -0.2) is 101 Å². The lowest BCUT2D eigenvalue weighted by Gasteiger charge is -2.27. The highest BCUT2D eigenvalue weighted by molar-refractivity contribution is 5.95. The Balaban J connectivity index is 2.10. The Morgan fingerprint density at radius 2 is 1.20 bits per heavy atom. The Kier molecular flexibility index (Phi) is 21.3. The van der Waals surface area contributed by atoms with Crippen LogP contribution in [0.4, 0.5) is 0 Å². The third-order valence-electron chi connectivity index (χ3n) is 7.82. The molecule has 0 aromatic heterocycles. The van der Waals surface area contributed by atoms with Crippen LogP contribution in [0.5, 0.6) is 0 Å². The molecule has 0 aliphatic heterocycles. The van der Waals surface area contributed by atoms with Crippen LogP contribution in [0.2, 0.25) is 0 Å². The van der Waals surface area contributed by atoms with Crippen LogP contribution in [0.25, 0.3) is 0 Å². The van der Waals surface area contributed by atoms with Gasteiger partial charge in [0.2, 0.25) is 23.6 Å². The van der Waals surface area contributed by atoms with Gasteiger partial charge in [-0.15, -0.1) is 0 Å². The molecular formula is C37H58N6O7. The van der Waals surface area contributed by atoms with E-state index in [1.54, 1.807) is 7.11 Å². The number of amides is 4. The molecule has 13 nitrogen and oxygen atoms in total. The summed E-state index contributed by atoms with van der Waals surface area (Å²) in [6.07, 6.45) is 2.49. The molecule has 8 N–H and O–H groups in total. The van der Waals surface area contributed by atoms with E-state index in [1.165, 1.54) is 0 Å². The number of benzene rings is 2. The number of hydrogen-bond donors (Lipinski definition) is 6. The number of unbranched alkanes of at least 4 members (excludes halogenated alkanes) is 1. The highest BCUT2D eigenvalue weighted by Crippen LogP contribution is 2.10. The van der Waals surface area contributed by atoms with E-state index in [0.29, 0.717) is 65.1 Å². The van der Waals surface area contributed by atoms with Crippen molar-refractivity contribution >= 4 is 23.6 Å². The maximum absolute atomic E-state index is 13.8. The summed E-state index contributed by atoms with van der Waals surface area (Å²) in [7, 11) is 1.60. The Morgan fingerprint density at radius 3 is 1.80 bits per heavy atom. The molecule has 0 unspecified atom stereocenters. The zero-order chi connectivity index (χ0) is 36.6. The third kappa shape index (κ3) is 17.7. The van der Waals surface area contributed by atoms with Crippen molar-refractivity contribution in [2.45, 2.75) is 76.5 Å². The van der Waals surface area contributed by atoms with Gasteiger partial charge in [-0.25, -0.2) is 0 Å². The third-order valence-corrected chi connectivity index (χ3v) is 7.82. The van der Waals surface area contributed by atoms with Gasteiger partial charge >= 0.3 is 0 Å². The van der Waals surface area contributed by atoms with E-state index in [9.17, 15) is 19.2 Å². The molecule has 0 heterocycles. The lowest BCUT2D eigenvalue weighted by molar-refractivity contribution is -0.134. The number of rotatable bonds is 26. The standard InChI is InChI=1S/C37H58N6O7/c1-27(2)24-32(36(46)41-31(16-10-11-17-38)35(45)40-18-19-49-22-23-50-21-20-48-3)43-37(47)33(26-29-14-8-5-9-15-29)42-34(44)30(39)25-28-12-6-4-7-13-28/h4-9,12-15,27,30-33H,10-11,16-26,38-39H2,1-3H3,(H,40,45)(H,41,46)(H,42,44)(H,43,47)/t30-,31-,32-,33-/m1/s1. The molecule has 50 heavy (non-hydrogen) atoms. The van der Waals surface area contributed by atoms with Gasteiger partial charge in [0.15, 0.2) is 0 Å². The first-order valence-electron chi connectivity index (χ1n) is 17.5. The molecule has 0 radical (unpaired) electrons. The monoisotopic (exact) mass is 698 g/mol. The van der Waals surface area contributed by atoms with Gasteiger partial charge in [0.05, 0.1) is 39.1 Å². The summed E-state index contributed by atoms with van der Waals surface area (Å²) in [4.78, 5) is 53.9. The summed E-state index contributed by atoms with van der Waals surface area (Å²) >= 11 is 0. The fourth-order valence-corrected chi connectivity index (χ4v) is 5.14. The van der Waals surface area contributed by atoms with Gasteiger partial charge < -0.3 is 46.9 Å². The van der Waals surface area contributed by atoms with Crippen molar-refractivity contribution < 1.29 is 33.4 Å². The molecule has 0 fully saturated rings. The average molecular weight is 699 g/mol. The van der Waals surface area contributed by atoms with Gasteiger partial charge in [-0.3, -0.25) is 19.2 Å². The van der Waals surface area contributed by atoms with E-state index >= 15 is 0 Å². The SMILES string of the molecule is COCCOCCOCCNC(=O)[C@@H](CCCCN)NC(=O)[C@@H](CC(C)C)NC(=O)[C@@H](Cc1ccccc1)NC(=O)[C@H](N)Cc1ccccc1. The molecule has 0 saturated heterocycles. The maximum atomic E-state index is 13.8. The number of methoxy groups -OCH3 is 1. The first-order chi connectivity index (χ1) is 24.1. The summed E-state index contributed by atoms with van der Waals surface area (Å²) in [5.41, 5.74) is 13.7. The molecule has 2 aromatic rings. The highest BCUT2D eigenvalue weighted by Gasteiger charge is 2.31. The number of nitrogens with one attached hydrogen (secondary N) is 4. The van der Waals surface area contributed by atoms with Crippen LogP contribution in [0.1, 0.15) is 50.7 Å². The van der Waals surface area contributed by atoms with Crippen LogP contribution >= 0.6 is 0 Å². The second kappa shape index (κ2) is 25.1. The second-order valence-electron chi connectivity index (χ2n) is 12.6. The summed E-state index contributed by atoms with van der Waals surface area (Å²) in [6.45, 7) is 6.62. The number of carbonyl (C=O) groups is 4. The van der Waals surface area contributed by atoms with Crippen molar-refractivity contribution in [1.29, 1.82) is 0 Å². The minimum Gasteiger partial charge on any atom is -0.382 e. The molecular weight excluding hydrogens is 640 g/mol. The molecule has 0 bridgehead atoms. The Hall–Kier alpha value is -3.88. The Morgan fingerprint density at radius 1 is 0.660 bits per heavy atom. The van der Waals surface area contributed by atoms with Crippen LogP contribution in [-0.2, 0) is 46.2 Å². The zero-order valence-electron chi connectivity index (χ0n) is 29.9. The number of ether oxygens (including phenoxy) is 3. The van der Waals surface area contributed by atoms with Gasteiger partial charge in [0.25, 0.3) is 0 Å². The van der Waals surface area contributed by atoms with Gasteiger partial charge in [-0.05, 0) is 55.7 Å². The predicted octanol–water partition coefficient (Wildman–Crippen LogP) is 1.22. The molecule has 4 amide bonds. The summed E-state index contributed by atoms with van der Waals surface area (Å²) < 4.78 is 15.8. The quantitative estimate of drug-likeness (QED) is 0.0783. The second-order valence-corrected chi connectivity index (χ2v) is 12.6. The van der Waals surface area contributed by atoms with Gasteiger partial charge in [0, 0.05) is 20.1 Å². The van der Waals surface area contributed by atoms with Gasteiger partial charge in [-0.2, -0.15) is 0 Å². The van der Waals surface area contributed by atoms with Crippen molar-refractivity contribution in [3.8, 4) is 0 Å². The minimum absolute atomic E-state index is 0.0349. The topological polar surface area (TPSA) is 196 Å². The van der Waals surface area contributed by atoms with Crippen molar-refractivity contribution in [3.63, 3.8) is 0 Å². The molecule has 2 rings (SSSR count). The van der Waals surface area contributed by atoms with E-state index in [2.05, 4.69) is 21.3 Å². The largest absolute Gasteiger partial charge is 0.382 e.